The van der Waals surface area contributed by atoms with Gasteiger partial charge in [-0.2, -0.15) is 0 Å². The SMILES string of the molecule is O=C(c1cccc(CCl)c1)C1CNc2ccc([N+](=O)[O-])cc21. The summed E-state index contributed by atoms with van der Waals surface area (Å²) in [4.78, 5) is 23.2. The van der Waals surface area contributed by atoms with E-state index in [9.17, 15) is 14.9 Å². The number of benzene rings is 2. The highest BCUT2D eigenvalue weighted by molar-refractivity contribution is 6.17. The number of carbonyl (C=O) groups is 1. The van der Waals surface area contributed by atoms with Crippen molar-refractivity contribution in [2.45, 2.75) is 11.8 Å². The number of Topliss-reactive ketones (excluding diaryl/α,β-unsaturated/α-hetero) is 1. The molecule has 0 radical (unpaired) electrons. The zero-order valence-electron chi connectivity index (χ0n) is 11.6. The molecule has 0 saturated carbocycles. The molecule has 1 unspecified atom stereocenters. The van der Waals surface area contributed by atoms with Gasteiger partial charge in [0.25, 0.3) is 5.69 Å². The molecule has 0 amide bonds. The molecule has 0 aliphatic carbocycles. The van der Waals surface area contributed by atoms with Crippen LogP contribution < -0.4 is 5.32 Å². The molecule has 2 aromatic rings. The van der Waals surface area contributed by atoms with Crippen molar-refractivity contribution in [2.24, 2.45) is 0 Å². The third kappa shape index (κ3) is 2.55. The van der Waals surface area contributed by atoms with Gasteiger partial charge in [0.15, 0.2) is 5.78 Å². The highest BCUT2D eigenvalue weighted by Crippen LogP contribution is 2.36. The van der Waals surface area contributed by atoms with E-state index in [0.29, 0.717) is 23.6 Å². The van der Waals surface area contributed by atoms with Crippen molar-refractivity contribution >= 4 is 28.8 Å². The third-order valence-electron chi connectivity index (χ3n) is 3.80. The van der Waals surface area contributed by atoms with Crippen LogP contribution in [0.2, 0.25) is 0 Å². The molecule has 0 spiro atoms. The molecule has 5 nitrogen and oxygen atoms in total. The van der Waals surface area contributed by atoms with E-state index in [-0.39, 0.29) is 11.5 Å². The zero-order valence-corrected chi connectivity index (χ0v) is 12.3. The lowest BCUT2D eigenvalue weighted by atomic mass is 9.91. The molecule has 0 aromatic heterocycles. The summed E-state index contributed by atoms with van der Waals surface area (Å²) >= 11 is 5.80. The standard InChI is InChI=1S/C16H13ClN2O3/c17-8-10-2-1-3-11(6-10)16(20)14-9-18-15-5-4-12(19(21)22)7-13(14)15/h1-7,14,18H,8-9H2. The van der Waals surface area contributed by atoms with Crippen LogP contribution in [-0.2, 0) is 5.88 Å². The average molecular weight is 317 g/mol. The van der Waals surface area contributed by atoms with Gasteiger partial charge in [0.2, 0.25) is 0 Å². The predicted octanol–water partition coefficient (Wildman–Crippen LogP) is 3.73. The molecule has 1 heterocycles. The average Bonchev–Trinajstić information content (AvgIpc) is 2.97. The fourth-order valence-corrected chi connectivity index (χ4v) is 2.84. The minimum atomic E-state index is -0.450. The van der Waals surface area contributed by atoms with Gasteiger partial charge in [-0.3, -0.25) is 14.9 Å². The number of fused-ring (bicyclic) bond motifs is 1. The van der Waals surface area contributed by atoms with Gasteiger partial charge in [0.1, 0.15) is 0 Å². The van der Waals surface area contributed by atoms with Gasteiger partial charge in [-0.15, -0.1) is 11.6 Å². The number of carbonyl (C=O) groups excluding carboxylic acids is 1. The molecule has 6 heteroatoms. The Morgan fingerprint density at radius 1 is 1.32 bits per heavy atom. The van der Waals surface area contributed by atoms with E-state index in [1.54, 1.807) is 24.3 Å². The van der Waals surface area contributed by atoms with Gasteiger partial charge in [0.05, 0.1) is 10.8 Å². The Hall–Kier alpha value is -2.40. The highest BCUT2D eigenvalue weighted by atomic mass is 35.5. The molecule has 1 atom stereocenters. The lowest BCUT2D eigenvalue weighted by Gasteiger charge is -2.10. The van der Waals surface area contributed by atoms with E-state index in [1.165, 1.54) is 12.1 Å². The van der Waals surface area contributed by atoms with Gasteiger partial charge >= 0.3 is 0 Å². The van der Waals surface area contributed by atoms with Gasteiger partial charge in [-0.1, -0.05) is 18.2 Å². The minimum Gasteiger partial charge on any atom is -0.384 e. The molecular formula is C16H13ClN2O3. The number of nitro benzene ring substituents is 1. The van der Waals surface area contributed by atoms with E-state index < -0.39 is 10.8 Å². The second-order valence-corrected chi connectivity index (χ2v) is 5.43. The Labute approximate surface area is 132 Å². The molecule has 1 aliphatic heterocycles. The molecule has 0 bridgehead atoms. The fourth-order valence-electron chi connectivity index (χ4n) is 2.68. The fraction of sp³-hybridized carbons (Fsp3) is 0.188. The summed E-state index contributed by atoms with van der Waals surface area (Å²) in [6.07, 6.45) is 0. The summed E-state index contributed by atoms with van der Waals surface area (Å²) in [7, 11) is 0. The van der Waals surface area contributed by atoms with Gasteiger partial charge in [0, 0.05) is 35.8 Å². The quantitative estimate of drug-likeness (QED) is 0.404. The van der Waals surface area contributed by atoms with Crippen LogP contribution >= 0.6 is 11.6 Å². The van der Waals surface area contributed by atoms with E-state index in [4.69, 9.17) is 11.6 Å². The zero-order chi connectivity index (χ0) is 15.7. The summed E-state index contributed by atoms with van der Waals surface area (Å²) in [6, 6.07) is 11.7. The van der Waals surface area contributed by atoms with Crippen LogP contribution in [0, 0.1) is 10.1 Å². The molecule has 2 aromatic carbocycles. The molecule has 1 aliphatic rings. The number of ketones is 1. The molecule has 22 heavy (non-hydrogen) atoms. The van der Waals surface area contributed by atoms with Crippen molar-refractivity contribution in [3.05, 3.63) is 69.3 Å². The number of hydrogen-bond donors (Lipinski definition) is 1. The van der Waals surface area contributed by atoms with Gasteiger partial charge in [-0.05, 0) is 23.3 Å². The number of nitrogens with one attached hydrogen (secondary N) is 1. The summed E-state index contributed by atoms with van der Waals surface area (Å²) in [5, 5.41) is 14.0. The van der Waals surface area contributed by atoms with E-state index in [2.05, 4.69) is 5.32 Å². The normalized spacial score (nSPS) is 16.0. The van der Waals surface area contributed by atoms with Crippen molar-refractivity contribution < 1.29 is 9.72 Å². The maximum absolute atomic E-state index is 12.7. The summed E-state index contributed by atoms with van der Waals surface area (Å²) < 4.78 is 0. The molecule has 0 fully saturated rings. The number of halogens is 1. The second kappa shape index (κ2) is 5.77. The molecule has 1 N–H and O–H groups in total. The van der Waals surface area contributed by atoms with Gasteiger partial charge in [-0.25, -0.2) is 0 Å². The van der Waals surface area contributed by atoms with Crippen molar-refractivity contribution in [3.8, 4) is 0 Å². The first kappa shape index (κ1) is 14.5. The lowest BCUT2D eigenvalue weighted by molar-refractivity contribution is -0.384. The molecule has 3 rings (SSSR count). The Balaban J connectivity index is 1.96. The number of nitro groups is 1. The third-order valence-corrected chi connectivity index (χ3v) is 4.11. The smallest absolute Gasteiger partial charge is 0.269 e. The van der Waals surface area contributed by atoms with Crippen molar-refractivity contribution in [1.29, 1.82) is 0 Å². The van der Waals surface area contributed by atoms with E-state index in [0.717, 1.165) is 11.3 Å². The van der Waals surface area contributed by atoms with Crippen molar-refractivity contribution in [1.82, 2.24) is 0 Å². The maximum Gasteiger partial charge on any atom is 0.269 e. The summed E-state index contributed by atoms with van der Waals surface area (Å²) in [5.74, 6) is -0.134. The monoisotopic (exact) mass is 316 g/mol. The molecule has 0 saturated heterocycles. The Kier molecular flexibility index (Phi) is 3.81. The molecular weight excluding hydrogens is 304 g/mol. The topological polar surface area (TPSA) is 72.2 Å². The van der Waals surface area contributed by atoms with Crippen molar-refractivity contribution in [2.75, 3.05) is 11.9 Å². The number of anilines is 1. The number of alkyl halides is 1. The van der Waals surface area contributed by atoms with Crippen LogP contribution in [-0.4, -0.2) is 17.3 Å². The van der Waals surface area contributed by atoms with Crippen LogP contribution in [0.5, 0.6) is 0 Å². The number of nitrogens with zero attached hydrogens (tertiary/aromatic N) is 1. The second-order valence-electron chi connectivity index (χ2n) is 5.16. The van der Waals surface area contributed by atoms with Crippen molar-refractivity contribution in [3.63, 3.8) is 0 Å². The molecule has 112 valence electrons. The first-order valence-electron chi connectivity index (χ1n) is 6.81. The minimum absolute atomic E-state index is 0.00485. The van der Waals surface area contributed by atoms with Gasteiger partial charge < -0.3 is 5.32 Å². The van der Waals surface area contributed by atoms with Crippen LogP contribution in [0.15, 0.2) is 42.5 Å². The van der Waals surface area contributed by atoms with Crippen LogP contribution in [0.25, 0.3) is 0 Å². The number of hydrogen-bond acceptors (Lipinski definition) is 4. The summed E-state index contributed by atoms with van der Waals surface area (Å²) in [6.45, 7) is 0.445. The Bertz CT molecular complexity index is 761. The van der Waals surface area contributed by atoms with E-state index >= 15 is 0 Å². The highest BCUT2D eigenvalue weighted by Gasteiger charge is 2.30. The largest absolute Gasteiger partial charge is 0.384 e. The number of non-ortho nitro benzene ring substituents is 1. The van der Waals surface area contributed by atoms with E-state index in [1.807, 2.05) is 6.07 Å². The first-order valence-corrected chi connectivity index (χ1v) is 7.35. The Morgan fingerprint density at radius 3 is 2.86 bits per heavy atom. The predicted molar refractivity (Wildman–Crippen MR) is 84.7 cm³/mol. The van der Waals surface area contributed by atoms with Crippen LogP contribution in [0.4, 0.5) is 11.4 Å². The Morgan fingerprint density at radius 2 is 2.14 bits per heavy atom. The lowest BCUT2D eigenvalue weighted by Crippen LogP contribution is -2.15. The summed E-state index contributed by atoms with van der Waals surface area (Å²) in [5.41, 5.74) is 2.89. The maximum atomic E-state index is 12.7. The van der Waals surface area contributed by atoms with Crippen LogP contribution in [0.3, 0.4) is 0 Å². The number of rotatable bonds is 4. The first-order chi connectivity index (χ1) is 10.6. The van der Waals surface area contributed by atoms with Crippen LogP contribution in [0.1, 0.15) is 27.4 Å².